The zero-order valence-corrected chi connectivity index (χ0v) is 15.1. The van der Waals surface area contributed by atoms with Gasteiger partial charge in [-0.15, -0.1) is 0 Å². The fourth-order valence-electron chi connectivity index (χ4n) is 2.94. The minimum atomic E-state index is -0.141. The number of carbonyl (C=O) groups is 1. The maximum absolute atomic E-state index is 12.0. The molecule has 25 heavy (non-hydrogen) atoms. The van der Waals surface area contributed by atoms with E-state index in [-0.39, 0.29) is 11.9 Å². The average molecular weight is 359 g/mol. The highest BCUT2D eigenvalue weighted by molar-refractivity contribution is 6.30. The van der Waals surface area contributed by atoms with Gasteiger partial charge in [0.05, 0.1) is 26.0 Å². The number of nitrogens with zero attached hydrogens (tertiary/aromatic N) is 2. The van der Waals surface area contributed by atoms with Crippen molar-refractivity contribution in [1.82, 2.24) is 5.01 Å². The third-order valence-corrected chi connectivity index (χ3v) is 4.46. The smallest absolute Gasteiger partial charge is 0.240 e. The van der Waals surface area contributed by atoms with Gasteiger partial charge in [-0.3, -0.25) is 4.79 Å². The first-order valence-electron chi connectivity index (χ1n) is 7.88. The van der Waals surface area contributed by atoms with Crippen molar-refractivity contribution < 1.29 is 14.3 Å². The Balaban J connectivity index is 1.94. The fourth-order valence-corrected chi connectivity index (χ4v) is 3.06. The number of ether oxygens (including phenoxy) is 2. The van der Waals surface area contributed by atoms with Gasteiger partial charge in [-0.2, -0.15) is 5.10 Å². The van der Waals surface area contributed by atoms with Gasteiger partial charge >= 0.3 is 0 Å². The van der Waals surface area contributed by atoms with E-state index in [0.717, 1.165) is 16.8 Å². The molecule has 5 nitrogen and oxygen atoms in total. The van der Waals surface area contributed by atoms with Crippen molar-refractivity contribution >= 4 is 23.2 Å². The summed E-state index contributed by atoms with van der Waals surface area (Å²) in [5.74, 6) is 1.19. The van der Waals surface area contributed by atoms with Crippen molar-refractivity contribution in [2.75, 3.05) is 14.2 Å². The van der Waals surface area contributed by atoms with E-state index in [9.17, 15) is 4.79 Å². The molecule has 3 rings (SSSR count). The molecule has 0 fully saturated rings. The first-order valence-corrected chi connectivity index (χ1v) is 8.26. The van der Waals surface area contributed by atoms with Gasteiger partial charge < -0.3 is 9.47 Å². The van der Waals surface area contributed by atoms with Crippen molar-refractivity contribution in [3.05, 3.63) is 58.6 Å². The second kappa shape index (κ2) is 7.15. The van der Waals surface area contributed by atoms with E-state index < -0.39 is 0 Å². The van der Waals surface area contributed by atoms with Crippen LogP contribution in [0.2, 0.25) is 5.02 Å². The lowest BCUT2D eigenvalue weighted by atomic mass is 9.98. The Labute approximate surface area is 151 Å². The highest BCUT2D eigenvalue weighted by atomic mass is 35.5. The largest absolute Gasteiger partial charge is 0.493 e. The van der Waals surface area contributed by atoms with E-state index >= 15 is 0 Å². The van der Waals surface area contributed by atoms with Crippen LogP contribution in [0, 0.1) is 0 Å². The summed E-state index contributed by atoms with van der Waals surface area (Å²) in [6.45, 7) is 1.52. The first kappa shape index (κ1) is 17.3. The SMILES string of the molecule is COc1ccc(C2=NN(C(C)=O)[C@@H](c3ccc(Cl)cc3)C2)cc1OC. The predicted octanol–water partition coefficient (Wildman–Crippen LogP) is 4.05. The second-order valence-electron chi connectivity index (χ2n) is 5.75. The van der Waals surface area contributed by atoms with Crippen molar-refractivity contribution in [1.29, 1.82) is 0 Å². The Morgan fingerprint density at radius 3 is 2.40 bits per heavy atom. The summed E-state index contributed by atoms with van der Waals surface area (Å²) >= 11 is 5.97. The van der Waals surface area contributed by atoms with Gasteiger partial charge in [0.15, 0.2) is 11.5 Å². The standard InChI is InChI=1S/C19H19ClN2O3/c1-12(23)22-17(13-4-7-15(20)8-5-13)11-16(21-22)14-6-9-18(24-2)19(10-14)25-3/h4-10,17H,11H2,1-3H3/t17-/m1/s1. The van der Waals surface area contributed by atoms with Gasteiger partial charge in [-0.05, 0) is 35.9 Å². The number of benzene rings is 2. The number of halogens is 1. The number of methoxy groups -OCH3 is 2. The summed E-state index contributed by atoms with van der Waals surface area (Å²) in [7, 11) is 3.19. The molecule has 0 saturated carbocycles. The van der Waals surface area contributed by atoms with Crippen LogP contribution in [0.3, 0.4) is 0 Å². The van der Waals surface area contributed by atoms with Crippen molar-refractivity contribution in [2.45, 2.75) is 19.4 Å². The molecule has 6 heteroatoms. The molecule has 1 aliphatic rings. The molecule has 1 amide bonds. The second-order valence-corrected chi connectivity index (χ2v) is 6.19. The van der Waals surface area contributed by atoms with Gasteiger partial charge in [0.1, 0.15) is 0 Å². The molecule has 1 heterocycles. The van der Waals surface area contributed by atoms with Gasteiger partial charge in [-0.1, -0.05) is 23.7 Å². The average Bonchev–Trinajstić information content (AvgIpc) is 3.07. The van der Waals surface area contributed by atoms with Crippen LogP contribution in [0.25, 0.3) is 0 Å². The summed E-state index contributed by atoms with van der Waals surface area (Å²) in [4.78, 5) is 12.0. The van der Waals surface area contributed by atoms with Crippen LogP contribution in [-0.4, -0.2) is 30.8 Å². The lowest BCUT2D eigenvalue weighted by molar-refractivity contribution is -0.130. The zero-order chi connectivity index (χ0) is 18.0. The molecule has 1 aliphatic heterocycles. The molecular weight excluding hydrogens is 340 g/mol. The summed E-state index contributed by atoms with van der Waals surface area (Å²) in [6, 6.07) is 13.0. The Kier molecular flexibility index (Phi) is 4.95. The van der Waals surface area contributed by atoms with Crippen LogP contribution in [0.1, 0.15) is 30.5 Å². The van der Waals surface area contributed by atoms with E-state index in [2.05, 4.69) is 5.10 Å². The highest BCUT2D eigenvalue weighted by Gasteiger charge is 2.31. The minimum absolute atomic E-state index is 0.101. The van der Waals surface area contributed by atoms with Crippen LogP contribution in [0.15, 0.2) is 47.6 Å². The Morgan fingerprint density at radius 2 is 1.80 bits per heavy atom. The van der Waals surface area contributed by atoms with Gasteiger partial charge in [0, 0.05) is 23.9 Å². The monoisotopic (exact) mass is 358 g/mol. The number of hydrogen-bond donors (Lipinski definition) is 0. The molecule has 2 aromatic carbocycles. The van der Waals surface area contributed by atoms with Crippen molar-refractivity contribution in [3.8, 4) is 11.5 Å². The molecule has 1 atom stereocenters. The number of hydrazone groups is 1. The molecule has 130 valence electrons. The lowest BCUT2D eigenvalue weighted by Crippen LogP contribution is -2.24. The van der Waals surface area contributed by atoms with Crippen LogP contribution in [-0.2, 0) is 4.79 Å². The Morgan fingerprint density at radius 1 is 1.12 bits per heavy atom. The van der Waals surface area contributed by atoms with Gasteiger partial charge in [-0.25, -0.2) is 5.01 Å². The van der Waals surface area contributed by atoms with Crippen LogP contribution in [0.4, 0.5) is 0 Å². The molecule has 0 aliphatic carbocycles. The van der Waals surface area contributed by atoms with E-state index in [1.807, 2.05) is 42.5 Å². The van der Waals surface area contributed by atoms with E-state index in [0.29, 0.717) is 22.9 Å². The third-order valence-electron chi connectivity index (χ3n) is 4.20. The highest BCUT2D eigenvalue weighted by Crippen LogP contribution is 2.35. The van der Waals surface area contributed by atoms with Crippen molar-refractivity contribution in [3.63, 3.8) is 0 Å². The topological polar surface area (TPSA) is 51.1 Å². The van der Waals surface area contributed by atoms with Crippen molar-refractivity contribution in [2.24, 2.45) is 5.10 Å². The number of hydrogen-bond acceptors (Lipinski definition) is 4. The Hall–Kier alpha value is -2.53. The van der Waals surface area contributed by atoms with Crippen LogP contribution >= 0.6 is 11.6 Å². The molecule has 0 saturated heterocycles. The quantitative estimate of drug-likeness (QED) is 0.828. The fraction of sp³-hybridized carbons (Fsp3) is 0.263. The Bertz CT molecular complexity index is 818. The molecule has 0 N–H and O–H groups in total. The van der Waals surface area contributed by atoms with E-state index in [1.54, 1.807) is 14.2 Å². The molecule has 0 aromatic heterocycles. The molecular formula is C19H19ClN2O3. The summed E-state index contributed by atoms with van der Waals surface area (Å²) in [5.41, 5.74) is 2.73. The van der Waals surface area contributed by atoms with Crippen LogP contribution in [0.5, 0.6) is 11.5 Å². The maximum Gasteiger partial charge on any atom is 0.240 e. The maximum atomic E-state index is 12.0. The molecule has 0 unspecified atom stereocenters. The number of rotatable bonds is 4. The molecule has 2 aromatic rings. The molecule has 0 bridgehead atoms. The third kappa shape index (κ3) is 3.46. The number of carbonyl (C=O) groups excluding carboxylic acids is 1. The van der Waals surface area contributed by atoms with Crippen LogP contribution < -0.4 is 9.47 Å². The summed E-state index contributed by atoms with van der Waals surface area (Å²) in [5, 5.41) is 6.73. The van der Waals surface area contributed by atoms with E-state index in [4.69, 9.17) is 21.1 Å². The van der Waals surface area contributed by atoms with Gasteiger partial charge in [0.2, 0.25) is 5.91 Å². The number of amides is 1. The van der Waals surface area contributed by atoms with E-state index in [1.165, 1.54) is 11.9 Å². The predicted molar refractivity (Wildman–Crippen MR) is 97.4 cm³/mol. The summed E-state index contributed by atoms with van der Waals surface area (Å²) < 4.78 is 10.6. The van der Waals surface area contributed by atoms with Gasteiger partial charge in [0.25, 0.3) is 0 Å². The first-order chi connectivity index (χ1) is 12.0. The summed E-state index contributed by atoms with van der Waals surface area (Å²) in [6.07, 6.45) is 0.622. The minimum Gasteiger partial charge on any atom is -0.493 e. The zero-order valence-electron chi connectivity index (χ0n) is 14.3. The normalized spacial score (nSPS) is 16.6. The molecule has 0 radical (unpaired) electrons. The lowest BCUT2D eigenvalue weighted by Gasteiger charge is -2.20. The molecule has 0 spiro atoms.